The van der Waals surface area contributed by atoms with Crippen LogP contribution in [-0.2, 0) is 10.0 Å². The quantitative estimate of drug-likeness (QED) is 0.620. The van der Waals surface area contributed by atoms with Gasteiger partial charge in [-0.15, -0.1) is 0 Å². The maximum Gasteiger partial charge on any atom is 0.211 e. The van der Waals surface area contributed by atoms with Gasteiger partial charge in [-0.3, -0.25) is 0 Å². The van der Waals surface area contributed by atoms with Gasteiger partial charge in [0.1, 0.15) is 0 Å². The molecule has 5 heteroatoms. The van der Waals surface area contributed by atoms with Gasteiger partial charge >= 0.3 is 0 Å². The van der Waals surface area contributed by atoms with Gasteiger partial charge in [0, 0.05) is 6.54 Å². The molecule has 4 nitrogen and oxygen atoms in total. The second-order valence-electron chi connectivity index (χ2n) is 5.28. The zero-order chi connectivity index (χ0) is 13.5. The highest BCUT2D eigenvalue weighted by atomic mass is 32.2. The van der Waals surface area contributed by atoms with E-state index in [1.165, 1.54) is 0 Å². The van der Waals surface area contributed by atoms with Crippen LogP contribution in [0.3, 0.4) is 0 Å². The van der Waals surface area contributed by atoms with Crippen molar-refractivity contribution < 1.29 is 8.42 Å². The maximum absolute atomic E-state index is 11.7. The number of hydrogen-bond acceptors (Lipinski definition) is 3. The van der Waals surface area contributed by atoms with E-state index < -0.39 is 10.0 Å². The maximum atomic E-state index is 11.7. The molecule has 0 spiro atoms. The van der Waals surface area contributed by atoms with Gasteiger partial charge in [0.25, 0.3) is 0 Å². The lowest BCUT2D eigenvalue weighted by atomic mass is 9.86. The number of nitrogens with one attached hydrogen (secondary N) is 2. The van der Waals surface area contributed by atoms with Crippen LogP contribution in [-0.4, -0.2) is 34.3 Å². The average molecular weight is 264 g/mol. The summed E-state index contributed by atoms with van der Waals surface area (Å²) in [4.78, 5) is 0. The summed E-state index contributed by atoms with van der Waals surface area (Å²) in [6.45, 7) is 9.84. The highest BCUT2D eigenvalue weighted by Gasteiger charge is 2.20. The molecule has 104 valence electrons. The first-order valence-electron chi connectivity index (χ1n) is 6.42. The van der Waals surface area contributed by atoms with Crippen molar-refractivity contribution in [2.24, 2.45) is 17.8 Å². The van der Waals surface area contributed by atoms with E-state index in [-0.39, 0.29) is 5.75 Å². The molecule has 0 aliphatic carbocycles. The van der Waals surface area contributed by atoms with Gasteiger partial charge in [0.05, 0.1) is 5.75 Å². The molecule has 2 N–H and O–H groups in total. The third kappa shape index (κ3) is 7.73. The van der Waals surface area contributed by atoms with Crippen LogP contribution < -0.4 is 10.0 Å². The van der Waals surface area contributed by atoms with Gasteiger partial charge in [-0.25, -0.2) is 13.1 Å². The standard InChI is InChI=1S/C12H28N2O2S/c1-10(2)12(11(3)4)9-14-17(15,16)8-6-7-13-5/h10-14H,6-9H2,1-5H3. The fraction of sp³-hybridized carbons (Fsp3) is 1.00. The van der Waals surface area contributed by atoms with Crippen LogP contribution in [0.2, 0.25) is 0 Å². The van der Waals surface area contributed by atoms with E-state index in [4.69, 9.17) is 0 Å². The molecule has 0 atom stereocenters. The minimum Gasteiger partial charge on any atom is -0.320 e. The summed E-state index contributed by atoms with van der Waals surface area (Å²) >= 11 is 0. The van der Waals surface area contributed by atoms with E-state index >= 15 is 0 Å². The lowest BCUT2D eigenvalue weighted by Gasteiger charge is -2.25. The highest BCUT2D eigenvalue weighted by Crippen LogP contribution is 2.19. The van der Waals surface area contributed by atoms with Crippen molar-refractivity contribution in [1.29, 1.82) is 0 Å². The van der Waals surface area contributed by atoms with E-state index in [2.05, 4.69) is 37.7 Å². The fourth-order valence-corrected chi connectivity index (χ4v) is 3.09. The van der Waals surface area contributed by atoms with Crippen molar-refractivity contribution in [2.45, 2.75) is 34.1 Å². The summed E-state index contributed by atoms with van der Waals surface area (Å²) in [6, 6.07) is 0. The summed E-state index contributed by atoms with van der Waals surface area (Å²) in [6.07, 6.45) is 0.653. The van der Waals surface area contributed by atoms with Crippen LogP contribution in [0, 0.1) is 17.8 Å². The third-order valence-electron chi connectivity index (χ3n) is 3.09. The summed E-state index contributed by atoms with van der Waals surface area (Å²) in [7, 11) is -1.28. The second kappa shape index (κ2) is 8.06. The van der Waals surface area contributed by atoms with Crippen LogP contribution in [0.15, 0.2) is 0 Å². The van der Waals surface area contributed by atoms with Gasteiger partial charge in [-0.05, 0) is 37.8 Å². The first-order chi connectivity index (χ1) is 7.80. The Kier molecular flexibility index (Phi) is 8.00. The Morgan fingerprint density at radius 1 is 1.06 bits per heavy atom. The van der Waals surface area contributed by atoms with E-state index in [1.54, 1.807) is 0 Å². The molecule has 0 aliphatic rings. The van der Waals surface area contributed by atoms with Crippen LogP contribution in [0.1, 0.15) is 34.1 Å². The number of sulfonamides is 1. The van der Waals surface area contributed by atoms with Crippen LogP contribution >= 0.6 is 0 Å². The van der Waals surface area contributed by atoms with Crippen molar-refractivity contribution in [3.8, 4) is 0 Å². The van der Waals surface area contributed by atoms with Gasteiger partial charge in [-0.2, -0.15) is 0 Å². The molecule has 0 unspecified atom stereocenters. The lowest BCUT2D eigenvalue weighted by molar-refractivity contribution is 0.289. The Morgan fingerprint density at radius 2 is 1.59 bits per heavy atom. The summed E-state index contributed by atoms with van der Waals surface area (Å²) < 4.78 is 26.2. The smallest absolute Gasteiger partial charge is 0.211 e. The van der Waals surface area contributed by atoms with Gasteiger partial charge in [0.15, 0.2) is 0 Å². The molecule has 0 bridgehead atoms. The molecule has 0 aromatic carbocycles. The molecule has 0 fully saturated rings. The van der Waals surface area contributed by atoms with Gasteiger partial charge < -0.3 is 5.32 Å². The van der Waals surface area contributed by atoms with Crippen molar-refractivity contribution in [3.05, 3.63) is 0 Å². The minimum atomic E-state index is -3.11. The monoisotopic (exact) mass is 264 g/mol. The Hall–Kier alpha value is -0.130. The third-order valence-corrected chi connectivity index (χ3v) is 4.52. The molecular formula is C12H28N2O2S. The van der Waals surface area contributed by atoms with Crippen molar-refractivity contribution in [1.82, 2.24) is 10.0 Å². The van der Waals surface area contributed by atoms with Crippen molar-refractivity contribution >= 4 is 10.0 Å². The van der Waals surface area contributed by atoms with E-state index in [0.717, 1.165) is 6.54 Å². The summed E-state index contributed by atoms with van der Waals surface area (Å²) in [5.41, 5.74) is 0. The average Bonchev–Trinajstić information content (AvgIpc) is 2.16. The molecule has 0 rings (SSSR count). The van der Waals surface area contributed by atoms with E-state index in [1.807, 2.05) is 7.05 Å². The van der Waals surface area contributed by atoms with E-state index in [0.29, 0.717) is 30.7 Å². The predicted octanol–water partition coefficient (Wildman–Crippen LogP) is 1.44. The molecular weight excluding hydrogens is 236 g/mol. The second-order valence-corrected chi connectivity index (χ2v) is 7.20. The lowest BCUT2D eigenvalue weighted by Crippen LogP contribution is -2.35. The largest absolute Gasteiger partial charge is 0.320 e. The Balaban J connectivity index is 4.15. The Labute approximate surface area is 107 Å². The first-order valence-corrected chi connectivity index (χ1v) is 8.07. The van der Waals surface area contributed by atoms with Crippen LogP contribution in [0.5, 0.6) is 0 Å². The number of rotatable bonds is 9. The molecule has 0 aromatic rings. The van der Waals surface area contributed by atoms with Gasteiger partial charge in [0.2, 0.25) is 10.0 Å². The molecule has 17 heavy (non-hydrogen) atoms. The SMILES string of the molecule is CNCCCS(=O)(=O)NCC(C(C)C)C(C)C. The number of hydrogen-bond donors (Lipinski definition) is 2. The topological polar surface area (TPSA) is 58.2 Å². The molecule has 0 saturated heterocycles. The summed E-state index contributed by atoms with van der Waals surface area (Å²) in [5.74, 6) is 1.59. The zero-order valence-corrected chi connectivity index (χ0v) is 12.6. The van der Waals surface area contributed by atoms with Crippen molar-refractivity contribution in [3.63, 3.8) is 0 Å². The molecule has 0 amide bonds. The molecule has 0 aromatic heterocycles. The molecule has 0 aliphatic heterocycles. The fourth-order valence-electron chi connectivity index (χ4n) is 1.98. The zero-order valence-electron chi connectivity index (χ0n) is 11.8. The van der Waals surface area contributed by atoms with Crippen LogP contribution in [0.25, 0.3) is 0 Å². The normalized spacial score (nSPS) is 12.9. The highest BCUT2D eigenvalue weighted by molar-refractivity contribution is 7.89. The van der Waals surface area contributed by atoms with E-state index in [9.17, 15) is 8.42 Å². The molecule has 0 heterocycles. The molecule has 0 radical (unpaired) electrons. The minimum absolute atomic E-state index is 0.205. The molecule has 0 saturated carbocycles. The van der Waals surface area contributed by atoms with Crippen molar-refractivity contribution in [2.75, 3.05) is 25.9 Å². The Morgan fingerprint density at radius 3 is 2.00 bits per heavy atom. The first kappa shape index (κ1) is 16.9. The Bertz CT molecular complexity index is 279. The summed E-state index contributed by atoms with van der Waals surface area (Å²) in [5, 5.41) is 2.95. The van der Waals surface area contributed by atoms with Gasteiger partial charge in [-0.1, -0.05) is 27.7 Å². The van der Waals surface area contributed by atoms with Crippen LogP contribution in [0.4, 0.5) is 0 Å². The predicted molar refractivity (Wildman–Crippen MR) is 73.5 cm³/mol.